The standard InChI is InChI=1S/C10H10IN3O2S/c1-3-16-9(15)7-6(12)5-4(2)13-10(11)14-8(5)17-7/h3,12H2,1-2H3. The van der Waals surface area contributed by atoms with Crippen molar-refractivity contribution in [3.8, 4) is 0 Å². The Bertz CT molecular complexity index is 597. The van der Waals surface area contributed by atoms with E-state index in [0.717, 1.165) is 15.9 Å². The third-order valence-electron chi connectivity index (χ3n) is 2.20. The van der Waals surface area contributed by atoms with Gasteiger partial charge in [0.2, 0.25) is 0 Å². The molecule has 0 unspecified atom stereocenters. The number of carbonyl (C=O) groups excluding carboxylic acids is 1. The highest BCUT2D eigenvalue weighted by atomic mass is 127. The van der Waals surface area contributed by atoms with Crippen molar-refractivity contribution in [1.29, 1.82) is 0 Å². The molecule has 5 nitrogen and oxygen atoms in total. The van der Waals surface area contributed by atoms with E-state index < -0.39 is 5.97 Å². The number of halogens is 1. The Morgan fingerprint density at radius 3 is 2.88 bits per heavy atom. The van der Waals surface area contributed by atoms with E-state index in [4.69, 9.17) is 10.5 Å². The molecule has 0 aliphatic heterocycles. The van der Waals surface area contributed by atoms with Crippen molar-refractivity contribution in [1.82, 2.24) is 9.97 Å². The van der Waals surface area contributed by atoms with Crippen LogP contribution in [0.5, 0.6) is 0 Å². The first-order valence-corrected chi connectivity index (χ1v) is 6.83. The van der Waals surface area contributed by atoms with Gasteiger partial charge < -0.3 is 10.5 Å². The van der Waals surface area contributed by atoms with Crippen LogP contribution in [0.3, 0.4) is 0 Å². The Balaban J connectivity index is 2.64. The smallest absolute Gasteiger partial charge is 0.350 e. The minimum absolute atomic E-state index is 0.328. The summed E-state index contributed by atoms with van der Waals surface area (Å²) in [5, 5.41) is 0.749. The number of esters is 1. The van der Waals surface area contributed by atoms with Gasteiger partial charge in [-0.1, -0.05) is 0 Å². The van der Waals surface area contributed by atoms with Crippen LogP contribution in [0, 0.1) is 10.8 Å². The van der Waals surface area contributed by atoms with Gasteiger partial charge in [-0.25, -0.2) is 14.8 Å². The molecule has 0 amide bonds. The number of aromatic nitrogens is 2. The van der Waals surface area contributed by atoms with Crippen LogP contribution >= 0.6 is 33.9 Å². The number of carbonyl (C=O) groups is 1. The number of nitrogen functional groups attached to an aromatic ring is 1. The average Bonchev–Trinajstić information content (AvgIpc) is 2.56. The predicted octanol–water partition coefficient (Wildman–Crippen LogP) is 2.36. The van der Waals surface area contributed by atoms with Gasteiger partial charge in [-0.2, -0.15) is 0 Å². The zero-order valence-electron chi connectivity index (χ0n) is 9.28. The van der Waals surface area contributed by atoms with Gasteiger partial charge in [0, 0.05) is 22.6 Å². The van der Waals surface area contributed by atoms with Crippen LogP contribution < -0.4 is 5.73 Å². The molecule has 0 atom stereocenters. The number of anilines is 1. The Hall–Kier alpha value is -0.960. The molecule has 0 bridgehead atoms. The Labute approximate surface area is 116 Å². The topological polar surface area (TPSA) is 78.1 Å². The fourth-order valence-corrected chi connectivity index (χ4v) is 3.32. The number of rotatable bonds is 2. The molecule has 0 aliphatic rings. The molecular weight excluding hydrogens is 353 g/mol. The zero-order valence-corrected chi connectivity index (χ0v) is 12.3. The molecule has 0 radical (unpaired) electrons. The monoisotopic (exact) mass is 363 g/mol. The Kier molecular flexibility index (Phi) is 3.48. The lowest BCUT2D eigenvalue weighted by Gasteiger charge is -2.00. The number of ether oxygens (including phenoxy) is 1. The molecule has 0 aliphatic carbocycles. The van der Waals surface area contributed by atoms with Crippen molar-refractivity contribution in [2.45, 2.75) is 13.8 Å². The van der Waals surface area contributed by atoms with E-state index in [1.807, 2.05) is 29.5 Å². The van der Waals surface area contributed by atoms with Gasteiger partial charge in [-0.3, -0.25) is 0 Å². The summed E-state index contributed by atoms with van der Waals surface area (Å²) in [6, 6.07) is 0. The Morgan fingerprint density at radius 2 is 2.24 bits per heavy atom. The van der Waals surface area contributed by atoms with Crippen molar-refractivity contribution in [3.63, 3.8) is 0 Å². The summed E-state index contributed by atoms with van der Waals surface area (Å²) in [6.07, 6.45) is 0. The minimum Gasteiger partial charge on any atom is -0.462 e. The van der Waals surface area contributed by atoms with Crippen LogP contribution in [0.25, 0.3) is 10.2 Å². The number of nitrogens with two attached hydrogens (primary N) is 1. The lowest BCUT2D eigenvalue weighted by Crippen LogP contribution is -2.05. The van der Waals surface area contributed by atoms with Crippen molar-refractivity contribution in [2.75, 3.05) is 12.3 Å². The van der Waals surface area contributed by atoms with Gasteiger partial charge in [0.15, 0.2) is 3.83 Å². The van der Waals surface area contributed by atoms with Crippen LogP contribution in [-0.2, 0) is 4.74 Å². The van der Waals surface area contributed by atoms with Crippen molar-refractivity contribution in [3.05, 3.63) is 14.4 Å². The molecule has 2 aromatic heterocycles. The van der Waals surface area contributed by atoms with E-state index in [-0.39, 0.29) is 0 Å². The van der Waals surface area contributed by atoms with Gasteiger partial charge in [-0.05, 0) is 13.8 Å². The second kappa shape index (κ2) is 4.73. The van der Waals surface area contributed by atoms with E-state index in [9.17, 15) is 4.79 Å². The molecule has 2 N–H and O–H groups in total. The SMILES string of the molecule is CCOC(=O)c1sc2nc(I)nc(C)c2c1N. The van der Waals surface area contributed by atoms with Crippen LogP contribution in [0.4, 0.5) is 5.69 Å². The first-order chi connectivity index (χ1) is 8.04. The molecule has 2 heterocycles. The van der Waals surface area contributed by atoms with Gasteiger partial charge in [0.25, 0.3) is 0 Å². The highest BCUT2D eigenvalue weighted by Gasteiger charge is 2.20. The van der Waals surface area contributed by atoms with Crippen LogP contribution in [0.15, 0.2) is 0 Å². The largest absolute Gasteiger partial charge is 0.462 e. The average molecular weight is 363 g/mol. The van der Waals surface area contributed by atoms with Crippen LogP contribution in [0.1, 0.15) is 22.3 Å². The summed E-state index contributed by atoms with van der Waals surface area (Å²) in [5.41, 5.74) is 7.14. The summed E-state index contributed by atoms with van der Waals surface area (Å²) in [4.78, 5) is 21.3. The van der Waals surface area contributed by atoms with Crippen LogP contribution in [0.2, 0.25) is 0 Å². The maximum Gasteiger partial charge on any atom is 0.350 e. The number of thiophene rings is 1. The van der Waals surface area contributed by atoms with Crippen molar-refractivity contribution >= 4 is 55.8 Å². The normalized spacial score (nSPS) is 10.8. The summed E-state index contributed by atoms with van der Waals surface area (Å²) in [6.45, 7) is 3.94. The third kappa shape index (κ3) is 2.21. The summed E-state index contributed by atoms with van der Waals surface area (Å²) >= 11 is 3.28. The molecule has 0 spiro atoms. The Morgan fingerprint density at radius 1 is 1.53 bits per heavy atom. The first kappa shape index (κ1) is 12.5. The maximum absolute atomic E-state index is 11.7. The van der Waals surface area contributed by atoms with Gasteiger partial charge in [0.05, 0.1) is 23.4 Å². The first-order valence-electron chi connectivity index (χ1n) is 4.93. The second-order valence-electron chi connectivity index (χ2n) is 3.32. The van der Waals surface area contributed by atoms with Crippen LogP contribution in [-0.4, -0.2) is 22.5 Å². The van der Waals surface area contributed by atoms with E-state index in [1.165, 1.54) is 11.3 Å². The molecule has 2 aromatic rings. The number of aryl methyl sites for hydroxylation is 1. The lowest BCUT2D eigenvalue weighted by atomic mass is 10.2. The third-order valence-corrected chi connectivity index (χ3v) is 3.76. The highest BCUT2D eigenvalue weighted by molar-refractivity contribution is 14.1. The molecule has 17 heavy (non-hydrogen) atoms. The number of nitrogens with zero attached hydrogens (tertiary/aromatic N) is 2. The minimum atomic E-state index is -0.401. The maximum atomic E-state index is 11.7. The highest BCUT2D eigenvalue weighted by Crippen LogP contribution is 2.34. The quantitative estimate of drug-likeness (QED) is 0.504. The number of fused-ring (bicyclic) bond motifs is 1. The molecule has 0 fully saturated rings. The van der Waals surface area contributed by atoms with E-state index in [0.29, 0.717) is 21.0 Å². The molecule has 2 rings (SSSR count). The molecule has 7 heteroatoms. The number of hydrogen-bond acceptors (Lipinski definition) is 6. The lowest BCUT2D eigenvalue weighted by molar-refractivity contribution is 0.0533. The molecule has 0 saturated carbocycles. The summed E-state index contributed by atoms with van der Waals surface area (Å²) in [5.74, 6) is -0.401. The molecular formula is C10H10IN3O2S. The van der Waals surface area contributed by atoms with Crippen molar-refractivity contribution in [2.24, 2.45) is 0 Å². The van der Waals surface area contributed by atoms with Gasteiger partial charge in [0.1, 0.15) is 9.71 Å². The fourth-order valence-electron chi connectivity index (χ4n) is 1.51. The molecule has 0 saturated heterocycles. The van der Waals surface area contributed by atoms with Gasteiger partial charge in [-0.15, -0.1) is 11.3 Å². The fraction of sp³-hybridized carbons (Fsp3) is 0.300. The predicted molar refractivity (Wildman–Crippen MR) is 75.2 cm³/mol. The van der Waals surface area contributed by atoms with E-state index >= 15 is 0 Å². The summed E-state index contributed by atoms with van der Waals surface area (Å²) < 4.78 is 5.59. The van der Waals surface area contributed by atoms with E-state index in [2.05, 4.69) is 9.97 Å². The number of hydrogen-bond donors (Lipinski definition) is 1. The van der Waals surface area contributed by atoms with Crippen molar-refractivity contribution < 1.29 is 9.53 Å². The van der Waals surface area contributed by atoms with E-state index in [1.54, 1.807) is 6.92 Å². The molecule has 0 aromatic carbocycles. The second-order valence-corrected chi connectivity index (χ2v) is 5.29. The molecule has 90 valence electrons. The summed E-state index contributed by atoms with van der Waals surface area (Å²) in [7, 11) is 0. The zero-order chi connectivity index (χ0) is 12.6. The van der Waals surface area contributed by atoms with Gasteiger partial charge >= 0.3 is 5.97 Å².